The fraction of sp³-hybridized carbons (Fsp3) is 0.423. The maximum atomic E-state index is 12.4. The van der Waals surface area contributed by atoms with Crippen molar-refractivity contribution >= 4 is 29.9 Å². The zero-order valence-electron chi connectivity index (χ0n) is 20.2. The minimum atomic E-state index is -1.13. The van der Waals surface area contributed by atoms with E-state index < -0.39 is 29.8 Å². The number of carbonyl (C=O) groups excluding carboxylic acids is 2. The second kappa shape index (κ2) is 12.0. The normalized spacial score (nSPS) is 13.3. The second-order valence-corrected chi connectivity index (χ2v) is 10.4. The van der Waals surface area contributed by atoms with Crippen molar-refractivity contribution in [2.45, 2.75) is 44.8 Å². The molecule has 0 bridgehead atoms. The number of benzene rings is 2. The van der Waals surface area contributed by atoms with E-state index in [1.54, 1.807) is 20.8 Å². The van der Waals surface area contributed by atoms with Gasteiger partial charge in [-0.1, -0.05) is 48.5 Å². The van der Waals surface area contributed by atoms with Gasteiger partial charge in [0, 0.05) is 18.2 Å². The average Bonchev–Trinajstić information content (AvgIpc) is 3.11. The van der Waals surface area contributed by atoms with Gasteiger partial charge in [-0.3, -0.25) is 0 Å². The van der Waals surface area contributed by atoms with Gasteiger partial charge < -0.3 is 25.2 Å². The summed E-state index contributed by atoms with van der Waals surface area (Å²) in [7, 11) is 0. The first kappa shape index (κ1) is 26.4. The van der Waals surface area contributed by atoms with E-state index in [2.05, 4.69) is 22.8 Å². The Kier molecular flexibility index (Phi) is 9.03. The average molecular weight is 501 g/mol. The molecule has 0 spiro atoms. The van der Waals surface area contributed by atoms with Crippen LogP contribution in [0.25, 0.3) is 11.1 Å². The lowest BCUT2D eigenvalue weighted by Crippen LogP contribution is -2.43. The molecule has 8 nitrogen and oxygen atoms in total. The molecule has 35 heavy (non-hydrogen) atoms. The number of alkyl carbamates (subject to hydrolysis) is 2. The molecule has 2 aromatic carbocycles. The van der Waals surface area contributed by atoms with Gasteiger partial charge in [-0.15, -0.1) is 0 Å². The largest absolute Gasteiger partial charge is 0.480 e. The number of aliphatic carboxylic acids is 1. The Bertz CT molecular complexity index is 1010. The summed E-state index contributed by atoms with van der Waals surface area (Å²) in [6.45, 7) is 5.91. The summed E-state index contributed by atoms with van der Waals surface area (Å²) in [6.07, 6.45) is -0.601. The number of carboxylic acids is 1. The lowest BCUT2D eigenvalue weighted by Gasteiger charge is -2.19. The summed E-state index contributed by atoms with van der Waals surface area (Å²) in [5, 5.41) is 14.6. The van der Waals surface area contributed by atoms with E-state index in [4.69, 9.17) is 9.47 Å². The SMILES string of the molecule is CC(C)(C)OC(=O)NCCCSC[C@@H](NC(=O)OCC1c2ccccc2-c2ccccc21)C(=O)O. The molecule has 0 saturated heterocycles. The summed E-state index contributed by atoms with van der Waals surface area (Å²) in [5.74, 6) is -0.418. The van der Waals surface area contributed by atoms with Crippen molar-refractivity contribution in [3.05, 3.63) is 59.7 Å². The maximum absolute atomic E-state index is 12.4. The molecule has 2 aromatic rings. The highest BCUT2D eigenvalue weighted by molar-refractivity contribution is 7.99. The number of carbonyl (C=O) groups is 3. The summed E-state index contributed by atoms with van der Waals surface area (Å²) in [5.41, 5.74) is 3.87. The Hall–Kier alpha value is -3.20. The Balaban J connectivity index is 1.42. The minimum Gasteiger partial charge on any atom is -0.480 e. The van der Waals surface area contributed by atoms with Crippen LogP contribution in [-0.4, -0.2) is 59.6 Å². The molecule has 1 aliphatic rings. The van der Waals surface area contributed by atoms with E-state index in [0.29, 0.717) is 18.7 Å². The molecule has 188 valence electrons. The predicted octanol–water partition coefficient (Wildman–Crippen LogP) is 4.63. The van der Waals surface area contributed by atoms with Gasteiger partial charge in [-0.05, 0) is 55.2 Å². The van der Waals surface area contributed by atoms with Crippen LogP contribution in [0.15, 0.2) is 48.5 Å². The van der Waals surface area contributed by atoms with Gasteiger partial charge in [0.25, 0.3) is 0 Å². The third-order valence-electron chi connectivity index (χ3n) is 5.35. The number of hydrogen-bond donors (Lipinski definition) is 3. The van der Waals surface area contributed by atoms with Gasteiger partial charge in [0.1, 0.15) is 18.2 Å². The van der Waals surface area contributed by atoms with Gasteiger partial charge in [0.2, 0.25) is 0 Å². The van der Waals surface area contributed by atoms with Gasteiger partial charge in [0.05, 0.1) is 0 Å². The van der Waals surface area contributed by atoms with Crippen molar-refractivity contribution in [3.63, 3.8) is 0 Å². The number of hydrogen-bond acceptors (Lipinski definition) is 6. The fourth-order valence-electron chi connectivity index (χ4n) is 3.84. The predicted molar refractivity (Wildman–Crippen MR) is 136 cm³/mol. The smallest absolute Gasteiger partial charge is 0.407 e. The number of fused-ring (bicyclic) bond motifs is 3. The molecular weight excluding hydrogens is 468 g/mol. The van der Waals surface area contributed by atoms with Gasteiger partial charge in [0.15, 0.2) is 0 Å². The van der Waals surface area contributed by atoms with Crippen LogP contribution in [0.4, 0.5) is 9.59 Å². The minimum absolute atomic E-state index is 0.0942. The summed E-state index contributed by atoms with van der Waals surface area (Å²) in [4.78, 5) is 35.6. The fourth-order valence-corrected chi connectivity index (χ4v) is 4.81. The van der Waals surface area contributed by atoms with Crippen molar-refractivity contribution in [2.75, 3.05) is 24.7 Å². The Morgan fingerprint density at radius 1 is 1.00 bits per heavy atom. The van der Waals surface area contributed by atoms with E-state index >= 15 is 0 Å². The number of amides is 2. The standard InChI is InChI=1S/C26H32N2O6S/c1-26(2,3)34-24(31)27-13-8-14-35-16-22(23(29)30)28-25(32)33-15-21-19-11-6-4-9-17(19)18-10-5-7-12-20(18)21/h4-7,9-12,21-22H,8,13-16H2,1-3H3,(H,27,31)(H,28,32)(H,29,30)/t22-/m1/s1. The van der Waals surface area contributed by atoms with Crippen LogP contribution >= 0.6 is 11.8 Å². The molecule has 1 aliphatic carbocycles. The third kappa shape index (κ3) is 7.65. The zero-order valence-corrected chi connectivity index (χ0v) is 21.0. The van der Waals surface area contributed by atoms with Crippen LogP contribution in [0.5, 0.6) is 0 Å². The van der Waals surface area contributed by atoms with Crippen LogP contribution < -0.4 is 10.6 Å². The number of rotatable bonds is 10. The lowest BCUT2D eigenvalue weighted by molar-refractivity contribution is -0.138. The van der Waals surface area contributed by atoms with E-state index in [1.807, 2.05) is 36.4 Å². The Morgan fingerprint density at radius 2 is 1.60 bits per heavy atom. The maximum Gasteiger partial charge on any atom is 0.407 e. The van der Waals surface area contributed by atoms with Crippen LogP contribution in [0, 0.1) is 0 Å². The topological polar surface area (TPSA) is 114 Å². The summed E-state index contributed by atoms with van der Waals surface area (Å²) < 4.78 is 10.6. The summed E-state index contributed by atoms with van der Waals surface area (Å²) in [6, 6.07) is 14.9. The van der Waals surface area contributed by atoms with Crippen molar-refractivity contribution in [2.24, 2.45) is 0 Å². The highest BCUT2D eigenvalue weighted by Crippen LogP contribution is 2.44. The zero-order chi connectivity index (χ0) is 25.4. The van der Waals surface area contributed by atoms with Crippen molar-refractivity contribution in [1.82, 2.24) is 10.6 Å². The summed E-state index contributed by atoms with van der Waals surface area (Å²) >= 11 is 1.38. The molecule has 0 unspecified atom stereocenters. The van der Waals surface area contributed by atoms with E-state index in [0.717, 1.165) is 22.3 Å². The first-order chi connectivity index (χ1) is 16.7. The highest BCUT2D eigenvalue weighted by Gasteiger charge is 2.29. The van der Waals surface area contributed by atoms with Crippen LogP contribution in [0.3, 0.4) is 0 Å². The molecular formula is C26H32N2O6S. The molecule has 2 amide bonds. The van der Waals surface area contributed by atoms with Crippen LogP contribution in [0.1, 0.15) is 44.2 Å². The van der Waals surface area contributed by atoms with Gasteiger partial charge in [-0.2, -0.15) is 11.8 Å². The lowest BCUT2D eigenvalue weighted by atomic mass is 9.98. The first-order valence-corrected chi connectivity index (χ1v) is 12.7. The molecule has 0 fully saturated rings. The molecule has 0 aromatic heterocycles. The molecule has 3 rings (SSSR count). The molecule has 0 saturated carbocycles. The Morgan fingerprint density at radius 3 is 2.17 bits per heavy atom. The quantitative estimate of drug-likeness (QED) is 0.408. The molecule has 1 atom stereocenters. The van der Waals surface area contributed by atoms with Gasteiger partial charge in [-0.25, -0.2) is 14.4 Å². The molecule has 0 heterocycles. The van der Waals surface area contributed by atoms with Crippen LogP contribution in [-0.2, 0) is 14.3 Å². The van der Waals surface area contributed by atoms with Crippen molar-refractivity contribution in [1.29, 1.82) is 0 Å². The molecule has 9 heteroatoms. The van der Waals surface area contributed by atoms with Crippen molar-refractivity contribution in [3.8, 4) is 11.1 Å². The van der Waals surface area contributed by atoms with E-state index in [1.165, 1.54) is 11.8 Å². The monoisotopic (exact) mass is 500 g/mol. The molecule has 0 radical (unpaired) electrons. The van der Waals surface area contributed by atoms with Crippen molar-refractivity contribution < 1.29 is 29.0 Å². The number of thioether (sulfide) groups is 1. The first-order valence-electron chi connectivity index (χ1n) is 11.5. The molecule has 0 aliphatic heterocycles. The number of nitrogens with one attached hydrogen (secondary N) is 2. The van der Waals surface area contributed by atoms with E-state index in [-0.39, 0.29) is 18.3 Å². The number of carboxylic acid groups (broad SMARTS) is 1. The second-order valence-electron chi connectivity index (χ2n) is 9.22. The number of ether oxygens (including phenoxy) is 2. The third-order valence-corrected chi connectivity index (χ3v) is 6.50. The Labute approximate surface area is 209 Å². The van der Waals surface area contributed by atoms with E-state index in [9.17, 15) is 19.5 Å². The highest BCUT2D eigenvalue weighted by atomic mass is 32.2. The molecule has 3 N–H and O–H groups in total. The van der Waals surface area contributed by atoms with Gasteiger partial charge >= 0.3 is 18.2 Å². The van der Waals surface area contributed by atoms with Crippen LogP contribution in [0.2, 0.25) is 0 Å².